The third kappa shape index (κ3) is 3.67. The van der Waals surface area contributed by atoms with Gasteiger partial charge in [-0.25, -0.2) is 18.7 Å². The van der Waals surface area contributed by atoms with E-state index in [0.29, 0.717) is 28.0 Å². The highest BCUT2D eigenvalue weighted by Crippen LogP contribution is 2.42. The van der Waals surface area contributed by atoms with E-state index in [1.165, 1.54) is 10.6 Å². The van der Waals surface area contributed by atoms with Crippen molar-refractivity contribution in [2.24, 2.45) is 0 Å². The minimum Gasteiger partial charge on any atom is -0.458 e. The number of phosphoric ester groups is 1. The lowest BCUT2D eigenvalue weighted by molar-refractivity contribution is -0.172. The number of hydrogen-bond donors (Lipinski definition) is 5. The predicted molar refractivity (Wildman–Crippen MR) is 126 cm³/mol. The summed E-state index contributed by atoms with van der Waals surface area (Å²) >= 11 is 0. The van der Waals surface area contributed by atoms with E-state index in [0.717, 1.165) is 6.07 Å². The smallest absolute Gasteiger partial charge is 0.458 e. The molecule has 1 aromatic carbocycles. The van der Waals surface area contributed by atoms with Crippen molar-refractivity contribution < 1.29 is 37.9 Å². The van der Waals surface area contributed by atoms with Crippen LogP contribution >= 0.6 is 7.82 Å². The van der Waals surface area contributed by atoms with Crippen LogP contribution in [-0.4, -0.2) is 44.2 Å². The van der Waals surface area contributed by atoms with E-state index in [2.05, 4.69) is 20.1 Å². The molecule has 0 spiro atoms. The molecule has 5 rings (SSSR count). The lowest BCUT2D eigenvalue weighted by Gasteiger charge is -2.31. The van der Waals surface area contributed by atoms with Crippen molar-refractivity contribution in [1.29, 1.82) is 0 Å². The number of fused-ring (bicyclic) bond motifs is 5. The molecule has 2 aliphatic rings. The van der Waals surface area contributed by atoms with Crippen molar-refractivity contribution >= 4 is 36.1 Å². The first kappa shape index (κ1) is 24.3. The molecule has 0 saturated carbocycles. The van der Waals surface area contributed by atoms with Gasteiger partial charge in [-0.05, 0) is 18.6 Å². The second-order valence-corrected chi connectivity index (χ2v) is 9.70. The van der Waals surface area contributed by atoms with Crippen LogP contribution in [-0.2, 0) is 37.4 Å². The molecule has 0 bridgehead atoms. The summed E-state index contributed by atoms with van der Waals surface area (Å²) in [5, 5.41) is 17.0. The minimum atomic E-state index is -4.75. The Hall–Kier alpha value is -3.35. The lowest BCUT2D eigenvalue weighted by atomic mass is 9.86. The fraction of sp³-hybridized carbons (Fsp3) is 0.318. The molecule has 12 nitrogen and oxygen atoms in total. The molecular weight excluding hydrogens is 498 g/mol. The molecule has 2 aliphatic heterocycles. The molecular formula is C22H22FN4O8P. The summed E-state index contributed by atoms with van der Waals surface area (Å²) in [5.74, 6) is -1.57. The SMILES string of the molecule is CC[C@@]1(O)C(=O)OCc2c1cc1n(c2=O)Cc2c-1nc1cc(F)c(NCOP(=O)(O)O)cc1c2NC. The summed E-state index contributed by atoms with van der Waals surface area (Å²) in [7, 11) is -3.09. The predicted octanol–water partition coefficient (Wildman–Crippen LogP) is 1.74. The third-order valence-corrected chi connectivity index (χ3v) is 6.99. The Morgan fingerprint density at radius 1 is 1.28 bits per heavy atom. The maximum Gasteiger partial charge on any atom is 0.471 e. The van der Waals surface area contributed by atoms with E-state index in [1.54, 1.807) is 20.0 Å². The number of anilines is 2. The number of cyclic esters (lactones) is 1. The molecule has 4 heterocycles. The van der Waals surface area contributed by atoms with Gasteiger partial charge in [-0.15, -0.1) is 0 Å². The quantitative estimate of drug-likeness (QED) is 0.142. The van der Waals surface area contributed by atoms with Crippen LogP contribution in [0.4, 0.5) is 15.8 Å². The van der Waals surface area contributed by atoms with E-state index in [1.807, 2.05) is 0 Å². The number of nitrogens with zero attached hydrogens (tertiary/aromatic N) is 2. The molecule has 190 valence electrons. The minimum absolute atomic E-state index is 0.00815. The maximum absolute atomic E-state index is 14.8. The molecule has 1 atom stereocenters. The number of phosphoric acid groups is 1. The first-order chi connectivity index (χ1) is 17.0. The van der Waals surface area contributed by atoms with E-state index < -0.39 is 37.5 Å². The highest BCUT2D eigenvalue weighted by atomic mass is 31.2. The van der Waals surface area contributed by atoms with Crippen LogP contribution < -0.4 is 16.2 Å². The molecule has 0 unspecified atom stereocenters. The summed E-state index contributed by atoms with van der Waals surface area (Å²) in [6.07, 6.45) is 0.00815. The molecule has 2 aromatic heterocycles. The lowest BCUT2D eigenvalue weighted by Crippen LogP contribution is -2.44. The zero-order valence-corrected chi connectivity index (χ0v) is 20.1. The monoisotopic (exact) mass is 520 g/mol. The number of carbonyl (C=O) groups is 1. The largest absolute Gasteiger partial charge is 0.471 e. The van der Waals surface area contributed by atoms with Gasteiger partial charge < -0.3 is 34.8 Å². The van der Waals surface area contributed by atoms with Crippen LogP contribution in [0.1, 0.15) is 30.0 Å². The van der Waals surface area contributed by atoms with E-state index in [9.17, 15) is 23.7 Å². The number of aliphatic hydroxyl groups is 1. The Labute approximate surface area is 202 Å². The Balaban J connectivity index is 1.66. The van der Waals surface area contributed by atoms with Gasteiger partial charge in [0.1, 0.15) is 19.2 Å². The van der Waals surface area contributed by atoms with Gasteiger partial charge in [0.15, 0.2) is 5.60 Å². The van der Waals surface area contributed by atoms with Crippen molar-refractivity contribution in [2.75, 3.05) is 24.4 Å². The Bertz CT molecular complexity index is 1550. The van der Waals surface area contributed by atoms with Crippen LogP contribution in [0, 0.1) is 5.82 Å². The summed E-state index contributed by atoms with van der Waals surface area (Å²) in [6, 6.07) is 4.14. The number of hydrogen-bond acceptors (Lipinski definition) is 9. The van der Waals surface area contributed by atoms with Crippen molar-refractivity contribution in [3.63, 3.8) is 0 Å². The zero-order chi connectivity index (χ0) is 26.0. The van der Waals surface area contributed by atoms with E-state index >= 15 is 0 Å². The van der Waals surface area contributed by atoms with Crippen molar-refractivity contribution in [3.8, 4) is 11.4 Å². The van der Waals surface area contributed by atoms with Gasteiger partial charge in [-0.2, -0.15) is 0 Å². The second kappa shape index (κ2) is 8.36. The number of carbonyl (C=O) groups excluding carboxylic acids is 1. The van der Waals surface area contributed by atoms with Crippen molar-refractivity contribution in [1.82, 2.24) is 9.55 Å². The highest BCUT2D eigenvalue weighted by Gasteiger charge is 2.45. The normalized spacial score (nSPS) is 18.4. The van der Waals surface area contributed by atoms with Gasteiger partial charge in [-0.3, -0.25) is 9.32 Å². The van der Waals surface area contributed by atoms with Gasteiger partial charge >= 0.3 is 13.8 Å². The molecule has 14 heteroatoms. The Morgan fingerprint density at radius 2 is 2.03 bits per heavy atom. The third-order valence-electron chi connectivity index (χ3n) is 6.52. The second-order valence-electron chi connectivity index (χ2n) is 8.46. The number of aromatic nitrogens is 2. The van der Waals surface area contributed by atoms with E-state index in [-0.39, 0.29) is 41.9 Å². The molecule has 0 fully saturated rings. The number of pyridine rings is 2. The van der Waals surface area contributed by atoms with Crippen LogP contribution in [0.15, 0.2) is 23.0 Å². The number of halogens is 1. The van der Waals surface area contributed by atoms with Gasteiger partial charge in [0.25, 0.3) is 5.56 Å². The Morgan fingerprint density at radius 3 is 2.69 bits per heavy atom. The average molecular weight is 520 g/mol. The first-order valence-corrected chi connectivity index (χ1v) is 12.5. The number of ether oxygens (including phenoxy) is 1. The van der Waals surface area contributed by atoms with Crippen LogP contribution in [0.2, 0.25) is 0 Å². The van der Waals surface area contributed by atoms with Gasteiger partial charge in [-0.1, -0.05) is 6.92 Å². The zero-order valence-electron chi connectivity index (χ0n) is 19.2. The summed E-state index contributed by atoms with van der Waals surface area (Å²) in [5.41, 5.74) is 0.142. The van der Waals surface area contributed by atoms with Crippen LogP contribution in [0.25, 0.3) is 22.3 Å². The summed E-state index contributed by atoms with van der Waals surface area (Å²) in [6.45, 7) is 0.861. The summed E-state index contributed by atoms with van der Waals surface area (Å²) in [4.78, 5) is 48.0. The van der Waals surface area contributed by atoms with Crippen LogP contribution in [0.5, 0.6) is 0 Å². The van der Waals surface area contributed by atoms with Crippen molar-refractivity contribution in [3.05, 3.63) is 51.1 Å². The fourth-order valence-electron chi connectivity index (χ4n) is 4.72. The molecule has 36 heavy (non-hydrogen) atoms. The average Bonchev–Trinajstić information content (AvgIpc) is 3.18. The maximum atomic E-state index is 14.8. The molecule has 0 saturated heterocycles. The number of benzene rings is 1. The van der Waals surface area contributed by atoms with E-state index in [4.69, 9.17) is 14.5 Å². The van der Waals surface area contributed by atoms with Gasteiger partial charge in [0.2, 0.25) is 0 Å². The molecule has 0 amide bonds. The topological polar surface area (TPSA) is 172 Å². The standard InChI is InChI=1S/C22H22FN4O8P/c1-3-22(30)13-5-17-19-11(7-27(17)20(28)12(13)8-34-21(22)29)18(24-2)10-4-16(14(23)6-15(10)26-19)25-9-35-36(31,32)33/h4-6,25,30H,3,7-9H2,1-2H3,(H,24,26)(H2,31,32,33)/t22-/m0/s1. The highest BCUT2D eigenvalue weighted by molar-refractivity contribution is 7.46. The fourth-order valence-corrected chi connectivity index (χ4v) is 4.95. The number of esters is 1. The van der Waals surface area contributed by atoms with Crippen molar-refractivity contribution in [2.45, 2.75) is 32.1 Å². The number of rotatable bonds is 6. The molecule has 3 aromatic rings. The first-order valence-electron chi connectivity index (χ1n) is 10.9. The molecule has 0 radical (unpaired) electrons. The van der Waals surface area contributed by atoms with Gasteiger partial charge in [0, 0.05) is 29.6 Å². The van der Waals surface area contributed by atoms with Crippen LogP contribution in [0.3, 0.4) is 0 Å². The molecule has 5 N–H and O–H groups in total. The molecule has 0 aliphatic carbocycles. The number of nitrogens with one attached hydrogen (secondary N) is 2. The Kier molecular flexibility index (Phi) is 5.65. The van der Waals surface area contributed by atoms with Gasteiger partial charge in [0.05, 0.1) is 40.4 Å². The summed E-state index contributed by atoms with van der Waals surface area (Å²) < 4.78 is 36.6.